The highest BCUT2D eigenvalue weighted by Gasteiger charge is 2.20. The van der Waals surface area contributed by atoms with Crippen LogP contribution in [0.1, 0.15) is 42.5 Å². The molecular formula is C25H33N7O. The Morgan fingerprint density at radius 2 is 1.85 bits per heavy atom. The summed E-state index contributed by atoms with van der Waals surface area (Å²) in [5.41, 5.74) is 3.91. The van der Waals surface area contributed by atoms with Crippen molar-refractivity contribution in [3.8, 4) is 11.4 Å². The summed E-state index contributed by atoms with van der Waals surface area (Å²) in [5.74, 6) is 0.666. The second-order valence-electron chi connectivity index (χ2n) is 9.05. The number of nitrogens with zero attached hydrogens (tertiary/aromatic N) is 3. The largest absolute Gasteiger partial charge is 0.384 e. The van der Waals surface area contributed by atoms with Gasteiger partial charge >= 0.3 is 0 Å². The minimum atomic E-state index is -0.0589. The first kappa shape index (κ1) is 21.9. The Balaban J connectivity index is 1.24. The van der Waals surface area contributed by atoms with E-state index in [1.54, 1.807) is 12.3 Å². The molecule has 3 aromatic rings. The third kappa shape index (κ3) is 5.34. The summed E-state index contributed by atoms with van der Waals surface area (Å²) in [6.45, 7) is 6.34. The average Bonchev–Trinajstić information content (AvgIpc) is 3.30. The molecule has 0 spiro atoms. The van der Waals surface area contributed by atoms with E-state index in [4.69, 9.17) is 4.98 Å². The molecule has 1 aromatic carbocycles. The number of aromatic nitrogens is 3. The van der Waals surface area contributed by atoms with Crippen LogP contribution in [0.15, 0.2) is 36.5 Å². The van der Waals surface area contributed by atoms with E-state index in [0.29, 0.717) is 16.7 Å². The predicted molar refractivity (Wildman–Crippen MR) is 131 cm³/mol. The molecule has 1 aliphatic carbocycles. The van der Waals surface area contributed by atoms with Gasteiger partial charge < -0.3 is 20.9 Å². The smallest absolute Gasteiger partial charge is 0.253 e. The zero-order chi connectivity index (χ0) is 22.5. The van der Waals surface area contributed by atoms with Gasteiger partial charge in [-0.2, -0.15) is 0 Å². The molecule has 8 heteroatoms. The van der Waals surface area contributed by atoms with Gasteiger partial charge in [-0.05, 0) is 43.2 Å². The summed E-state index contributed by atoms with van der Waals surface area (Å²) in [7, 11) is 0. The van der Waals surface area contributed by atoms with Crippen molar-refractivity contribution in [2.75, 3.05) is 44.6 Å². The zero-order valence-corrected chi connectivity index (χ0v) is 19.1. The minimum absolute atomic E-state index is 0.0589. The van der Waals surface area contributed by atoms with Crippen LogP contribution in [-0.4, -0.2) is 71.1 Å². The zero-order valence-electron chi connectivity index (χ0n) is 19.1. The fourth-order valence-electron chi connectivity index (χ4n) is 4.78. The van der Waals surface area contributed by atoms with E-state index in [1.165, 1.54) is 19.3 Å². The Morgan fingerprint density at radius 1 is 1.06 bits per heavy atom. The van der Waals surface area contributed by atoms with E-state index >= 15 is 0 Å². The quantitative estimate of drug-likeness (QED) is 0.445. The van der Waals surface area contributed by atoms with Crippen molar-refractivity contribution in [3.05, 3.63) is 42.1 Å². The molecule has 174 valence electrons. The third-order valence-electron chi connectivity index (χ3n) is 6.69. The summed E-state index contributed by atoms with van der Waals surface area (Å²) in [6, 6.07) is 10.3. The van der Waals surface area contributed by atoms with Gasteiger partial charge in [0.2, 0.25) is 0 Å². The number of H-pyrrole nitrogens is 1. The van der Waals surface area contributed by atoms with E-state index in [-0.39, 0.29) is 11.9 Å². The van der Waals surface area contributed by atoms with Crippen LogP contribution in [0.4, 0.5) is 5.69 Å². The third-order valence-corrected chi connectivity index (χ3v) is 6.69. The van der Waals surface area contributed by atoms with Crippen LogP contribution in [0.2, 0.25) is 0 Å². The van der Waals surface area contributed by atoms with Crippen LogP contribution in [0.5, 0.6) is 0 Å². The number of nitrogens with one attached hydrogen (secondary N) is 4. The number of hydrogen-bond donors (Lipinski definition) is 4. The number of rotatable bonds is 7. The van der Waals surface area contributed by atoms with Crippen molar-refractivity contribution < 1.29 is 4.79 Å². The number of aromatic amines is 1. The van der Waals surface area contributed by atoms with E-state index in [1.807, 2.05) is 12.1 Å². The fraction of sp³-hybridized carbons (Fsp3) is 0.480. The highest BCUT2D eigenvalue weighted by molar-refractivity contribution is 6.04. The lowest BCUT2D eigenvalue weighted by molar-refractivity contribution is 0.0929. The number of fused-ring (bicyclic) bond motifs is 1. The van der Waals surface area contributed by atoms with Gasteiger partial charge in [0.05, 0.1) is 5.56 Å². The molecule has 3 heterocycles. The summed E-state index contributed by atoms with van der Waals surface area (Å²) < 4.78 is 0. The Bertz CT molecular complexity index is 1070. The monoisotopic (exact) mass is 447 g/mol. The summed E-state index contributed by atoms with van der Waals surface area (Å²) in [4.78, 5) is 27.8. The molecule has 1 saturated heterocycles. The maximum Gasteiger partial charge on any atom is 0.253 e. The molecule has 0 atom stereocenters. The number of hydrogen-bond acceptors (Lipinski definition) is 6. The second kappa shape index (κ2) is 10.3. The number of carbonyl (C=O) groups is 1. The minimum Gasteiger partial charge on any atom is -0.384 e. The number of carbonyl (C=O) groups excluding carboxylic acids is 1. The average molecular weight is 448 g/mol. The van der Waals surface area contributed by atoms with Crippen LogP contribution >= 0.6 is 0 Å². The first-order valence-corrected chi connectivity index (χ1v) is 12.2. The summed E-state index contributed by atoms with van der Waals surface area (Å²) in [5, 5.41) is 10.1. The fourth-order valence-corrected chi connectivity index (χ4v) is 4.78. The van der Waals surface area contributed by atoms with Crippen molar-refractivity contribution in [2.24, 2.45) is 0 Å². The standard InChI is InChI=1S/C25H33N7O/c33-25(29-20-4-2-1-3-5-20)21-10-11-28-24-22(21)30-23(31-24)18-6-8-19(9-7-18)27-14-17-32-15-12-26-13-16-32/h6-11,20,26-27H,1-5,12-17H2,(H,29,33)(H,28,30,31). The predicted octanol–water partition coefficient (Wildman–Crippen LogP) is 3.00. The highest BCUT2D eigenvalue weighted by Crippen LogP contribution is 2.24. The molecule has 0 bridgehead atoms. The van der Waals surface area contributed by atoms with E-state index in [2.05, 4.69) is 43.0 Å². The van der Waals surface area contributed by atoms with Gasteiger partial charge in [0, 0.05) is 62.8 Å². The SMILES string of the molecule is O=C(NC1CCCCC1)c1ccnc2[nH]c(-c3ccc(NCCN4CCNCC4)cc3)nc12. The van der Waals surface area contributed by atoms with E-state index in [0.717, 1.165) is 69.2 Å². The van der Waals surface area contributed by atoms with Crippen molar-refractivity contribution in [1.82, 2.24) is 30.5 Å². The second-order valence-corrected chi connectivity index (χ2v) is 9.05. The van der Waals surface area contributed by atoms with Crippen molar-refractivity contribution in [1.29, 1.82) is 0 Å². The number of piperazine rings is 1. The van der Waals surface area contributed by atoms with Gasteiger partial charge in [-0.3, -0.25) is 9.69 Å². The highest BCUT2D eigenvalue weighted by atomic mass is 16.1. The van der Waals surface area contributed by atoms with Gasteiger partial charge in [0.15, 0.2) is 5.65 Å². The number of imidazole rings is 1. The molecule has 1 aliphatic heterocycles. The molecule has 5 rings (SSSR count). The van der Waals surface area contributed by atoms with Crippen LogP contribution < -0.4 is 16.0 Å². The van der Waals surface area contributed by atoms with Crippen LogP contribution in [0, 0.1) is 0 Å². The first-order chi connectivity index (χ1) is 16.3. The maximum atomic E-state index is 12.9. The number of benzene rings is 1. The Morgan fingerprint density at radius 3 is 2.64 bits per heavy atom. The lowest BCUT2D eigenvalue weighted by atomic mass is 9.95. The van der Waals surface area contributed by atoms with E-state index in [9.17, 15) is 4.79 Å². The van der Waals surface area contributed by atoms with Crippen LogP contribution in [-0.2, 0) is 0 Å². The maximum absolute atomic E-state index is 12.9. The molecule has 2 aliphatic rings. The van der Waals surface area contributed by atoms with Gasteiger partial charge in [-0.1, -0.05) is 19.3 Å². The molecule has 1 amide bonds. The molecule has 8 nitrogen and oxygen atoms in total. The molecular weight excluding hydrogens is 414 g/mol. The van der Waals surface area contributed by atoms with Crippen molar-refractivity contribution >= 4 is 22.8 Å². The molecule has 33 heavy (non-hydrogen) atoms. The van der Waals surface area contributed by atoms with Gasteiger partial charge in [0.1, 0.15) is 11.3 Å². The van der Waals surface area contributed by atoms with E-state index < -0.39 is 0 Å². The Hall–Kier alpha value is -2.97. The molecule has 2 fully saturated rings. The molecule has 4 N–H and O–H groups in total. The molecule has 0 unspecified atom stereocenters. The van der Waals surface area contributed by atoms with Crippen molar-refractivity contribution in [3.63, 3.8) is 0 Å². The topological polar surface area (TPSA) is 98.0 Å². The van der Waals surface area contributed by atoms with Gasteiger partial charge in [-0.15, -0.1) is 0 Å². The van der Waals surface area contributed by atoms with Crippen LogP contribution in [0.25, 0.3) is 22.6 Å². The van der Waals surface area contributed by atoms with Gasteiger partial charge in [0.25, 0.3) is 5.91 Å². The molecule has 1 saturated carbocycles. The summed E-state index contributed by atoms with van der Waals surface area (Å²) >= 11 is 0. The lowest BCUT2D eigenvalue weighted by Crippen LogP contribution is -2.45. The number of pyridine rings is 1. The normalized spacial score (nSPS) is 17.8. The number of anilines is 1. The summed E-state index contributed by atoms with van der Waals surface area (Å²) in [6.07, 6.45) is 7.42. The number of amides is 1. The molecule has 0 radical (unpaired) electrons. The molecule has 2 aromatic heterocycles. The van der Waals surface area contributed by atoms with Crippen molar-refractivity contribution in [2.45, 2.75) is 38.1 Å². The van der Waals surface area contributed by atoms with Crippen LogP contribution in [0.3, 0.4) is 0 Å². The lowest BCUT2D eigenvalue weighted by Gasteiger charge is -2.27. The Kier molecular flexibility index (Phi) is 6.83. The first-order valence-electron chi connectivity index (χ1n) is 12.2. The Labute approximate surface area is 194 Å². The van der Waals surface area contributed by atoms with Gasteiger partial charge in [-0.25, -0.2) is 9.97 Å².